The average Bonchev–Trinajstić information content (AvgIpc) is 2.79. The largest absolute Gasteiger partial charge is 0.493 e. The molecule has 7 heteroatoms. The van der Waals surface area contributed by atoms with Crippen LogP contribution in [0.1, 0.15) is 63.0 Å². The zero-order chi connectivity index (χ0) is 25.4. The van der Waals surface area contributed by atoms with Crippen LogP contribution in [0, 0.1) is 12.8 Å². The van der Waals surface area contributed by atoms with Crippen molar-refractivity contribution in [3.8, 4) is 16.9 Å². The number of carbonyl (C=O) groups excluding carboxylic acids is 2. The summed E-state index contributed by atoms with van der Waals surface area (Å²) in [5.74, 6) is 0.681. The van der Waals surface area contributed by atoms with E-state index in [1.807, 2.05) is 65.0 Å². The summed E-state index contributed by atoms with van der Waals surface area (Å²) in [5.41, 5.74) is 2.28. The first kappa shape index (κ1) is 26.7. The number of esters is 2. The maximum Gasteiger partial charge on any atom is 0.358 e. The molecule has 2 aromatic rings. The van der Waals surface area contributed by atoms with Gasteiger partial charge >= 0.3 is 11.9 Å². The number of hydrogen-bond donors (Lipinski definition) is 0. The number of carbonyl (C=O) groups is 2. The fourth-order valence-electron chi connectivity index (χ4n) is 4.43. The van der Waals surface area contributed by atoms with Crippen molar-refractivity contribution in [3.63, 3.8) is 0 Å². The molecule has 0 aliphatic carbocycles. The Morgan fingerprint density at radius 2 is 1.91 bits per heavy atom. The Labute approximate surface area is 208 Å². The molecule has 7 nitrogen and oxygen atoms in total. The normalized spacial score (nSPS) is 16.5. The third-order valence-corrected chi connectivity index (χ3v) is 6.02. The van der Waals surface area contributed by atoms with Crippen molar-refractivity contribution in [3.05, 3.63) is 47.8 Å². The van der Waals surface area contributed by atoms with Gasteiger partial charge in [0.25, 0.3) is 0 Å². The SMILES string of the molecule is CCOC(=O)CN1CCCC(CCOc2cccc(-c3cccnc3C(=O)OC(C)(C)C)c2C)C1. The van der Waals surface area contributed by atoms with Gasteiger partial charge in [-0.3, -0.25) is 9.69 Å². The maximum absolute atomic E-state index is 12.8. The molecule has 0 bridgehead atoms. The van der Waals surface area contributed by atoms with Gasteiger partial charge in [0, 0.05) is 18.3 Å². The Balaban J connectivity index is 1.65. The molecular weight excluding hydrogens is 444 g/mol. The molecule has 1 aromatic heterocycles. The van der Waals surface area contributed by atoms with Gasteiger partial charge in [0.15, 0.2) is 5.69 Å². The average molecular weight is 483 g/mol. The van der Waals surface area contributed by atoms with Crippen molar-refractivity contribution in [1.82, 2.24) is 9.88 Å². The first-order chi connectivity index (χ1) is 16.7. The number of aromatic nitrogens is 1. The number of pyridine rings is 1. The lowest BCUT2D eigenvalue weighted by molar-refractivity contribution is -0.144. The molecule has 1 fully saturated rings. The van der Waals surface area contributed by atoms with E-state index in [1.165, 1.54) is 0 Å². The van der Waals surface area contributed by atoms with E-state index in [4.69, 9.17) is 14.2 Å². The van der Waals surface area contributed by atoms with Crippen molar-refractivity contribution >= 4 is 11.9 Å². The van der Waals surface area contributed by atoms with E-state index in [0.29, 0.717) is 31.4 Å². The van der Waals surface area contributed by atoms with Crippen LogP contribution in [-0.4, -0.2) is 60.3 Å². The Hall–Kier alpha value is -2.93. The molecule has 190 valence electrons. The molecule has 1 atom stereocenters. The first-order valence-electron chi connectivity index (χ1n) is 12.5. The third kappa shape index (κ3) is 7.79. The lowest BCUT2D eigenvalue weighted by Gasteiger charge is -2.32. The summed E-state index contributed by atoms with van der Waals surface area (Å²) in [5, 5.41) is 0. The Morgan fingerprint density at radius 1 is 1.14 bits per heavy atom. The monoisotopic (exact) mass is 482 g/mol. The number of likely N-dealkylation sites (tertiary alicyclic amines) is 1. The zero-order valence-corrected chi connectivity index (χ0v) is 21.6. The van der Waals surface area contributed by atoms with Crippen LogP contribution in [0.15, 0.2) is 36.5 Å². The molecule has 35 heavy (non-hydrogen) atoms. The summed E-state index contributed by atoms with van der Waals surface area (Å²) in [6.07, 6.45) is 4.73. The highest BCUT2D eigenvalue weighted by Gasteiger charge is 2.24. The topological polar surface area (TPSA) is 78.0 Å². The highest BCUT2D eigenvalue weighted by molar-refractivity contribution is 5.96. The predicted octanol–water partition coefficient (Wildman–Crippen LogP) is 5.06. The summed E-state index contributed by atoms with van der Waals surface area (Å²) in [4.78, 5) is 31.1. The van der Waals surface area contributed by atoms with Crippen molar-refractivity contribution in [1.29, 1.82) is 0 Å². The maximum atomic E-state index is 12.8. The second-order valence-electron chi connectivity index (χ2n) is 10.0. The van der Waals surface area contributed by atoms with Gasteiger partial charge in [0.1, 0.15) is 11.4 Å². The van der Waals surface area contributed by atoms with Crippen LogP contribution in [0.4, 0.5) is 0 Å². The summed E-state index contributed by atoms with van der Waals surface area (Å²) < 4.78 is 16.8. The third-order valence-electron chi connectivity index (χ3n) is 6.02. The number of ether oxygens (including phenoxy) is 3. The molecule has 1 saturated heterocycles. The fourth-order valence-corrected chi connectivity index (χ4v) is 4.43. The minimum absolute atomic E-state index is 0.155. The molecule has 1 aromatic carbocycles. The van der Waals surface area contributed by atoms with E-state index in [-0.39, 0.29) is 5.97 Å². The number of hydrogen-bond acceptors (Lipinski definition) is 7. The molecule has 0 N–H and O–H groups in total. The van der Waals surface area contributed by atoms with E-state index < -0.39 is 11.6 Å². The summed E-state index contributed by atoms with van der Waals surface area (Å²) in [6.45, 7) is 12.5. The summed E-state index contributed by atoms with van der Waals surface area (Å²) in [6, 6.07) is 9.57. The van der Waals surface area contributed by atoms with Gasteiger partial charge in [-0.2, -0.15) is 0 Å². The van der Waals surface area contributed by atoms with E-state index in [1.54, 1.807) is 6.20 Å². The minimum Gasteiger partial charge on any atom is -0.493 e. The van der Waals surface area contributed by atoms with Gasteiger partial charge in [0.05, 0.1) is 19.8 Å². The molecule has 3 rings (SSSR count). The number of benzene rings is 1. The highest BCUT2D eigenvalue weighted by Crippen LogP contribution is 2.32. The van der Waals surface area contributed by atoms with Crippen LogP contribution in [-0.2, 0) is 14.3 Å². The van der Waals surface area contributed by atoms with Crippen LogP contribution in [0.3, 0.4) is 0 Å². The first-order valence-corrected chi connectivity index (χ1v) is 12.5. The molecule has 1 aliphatic heterocycles. The van der Waals surface area contributed by atoms with Crippen LogP contribution in [0.5, 0.6) is 5.75 Å². The smallest absolute Gasteiger partial charge is 0.358 e. The summed E-state index contributed by atoms with van der Waals surface area (Å²) >= 11 is 0. The van der Waals surface area contributed by atoms with Crippen molar-refractivity contribution in [2.75, 3.05) is 32.8 Å². The van der Waals surface area contributed by atoms with Gasteiger partial charge in [-0.25, -0.2) is 9.78 Å². The molecule has 0 saturated carbocycles. The van der Waals surface area contributed by atoms with E-state index in [9.17, 15) is 9.59 Å². The van der Waals surface area contributed by atoms with Crippen molar-refractivity contribution in [2.45, 2.75) is 59.5 Å². The molecule has 0 amide bonds. The number of nitrogens with zero attached hydrogens (tertiary/aromatic N) is 2. The van der Waals surface area contributed by atoms with Gasteiger partial charge in [-0.15, -0.1) is 0 Å². The highest BCUT2D eigenvalue weighted by atomic mass is 16.6. The van der Waals surface area contributed by atoms with Crippen LogP contribution >= 0.6 is 0 Å². The quantitative estimate of drug-likeness (QED) is 0.463. The van der Waals surface area contributed by atoms with Crippen molar-refractivity contribution in [2.24, 2.45) is 5.92 Å². The van der Waals surface area contributed by atoms with E-state index in [2.05, 4.69) is 9.88 Å². The van der Waals surface area contributed by atoms with Crippen LogP contribution < -0.4 is 4.74 Å². The van der Waals surface area contributed by atoms with Crippen LogP contribution in [0.25, 0.3) is 11.1 Å². The molecular formula is C28H38N2O5. The van der Waals surface area contributed by atoms with E-state index in [0.717, 1.165) is 54.8 Å². The molecule has 1 unspecified atom stereocenters. The molecule has 0 spiro atoms. The number of piperidine rings is 1. The zero-order valence-electron chi connectivity index (χ0n) is 21.6. The van der Waals surface area contributed by atoms with Gasteiger partial charge < -0.3 is 14.2 Å². The predicted molar refractivity (Wildman–Crippen MR) is 135 cm³/mol. The van der Waals surface area contributed by atoms with Gasteiger partial charge in [0.2, 0.25) is 0 Å². The Morgan fingerprint density at radius 3 is 2.66 bits per heavy atom. The Kier molecular flexibility index (Phi) is 9.26. The lowest BCUT2D eigenvalue weighted by atomic mass is 9.95. The fraction of sp³-hybridized carbons (Fsp3) is 0.536. The second-order valence-corrected chi connectivity index (χ2v) is 10.0. The van der Waals surface area contributed by atoms with E-state index >= 15 is 0 Å². The van der Waals surface area contributed by atoms with Crippen LogP contribution in [0.2, 0.25) is 0 Å². The lowest BCUT2D eigenvalue weighted by Crippen LogP contribution is -2.39. The number of rotatable bonds is 9. The van der Waals surface area contributed by atoms with Gasteiger partial charge in [-0.05, 0) is 89.6 Å². The molecule has 1 aliphatic rings. The van der Waals surface area contributed by atoms with Crippen molar-refractivity contribution < 1.29 is 23.8 Å². The molecule has 2 heterocycles. The standard InChI is InChI=1S/C28H38N2O5/c1-6-33-25(31)19-30-16-9-10-21(18-30)14-17-34-24-13-7-11-22(20(24)2)23-12-8-15-29-26(23)27(32)35-28(3,4)5/h7-8,11-13,15,21H,6,9-10,14,16-19H2,1-5H3. The Bertz CT molecular complexity index is 1010. The summed E-state index contributed by atoms with van der Waals surface area (Å²) in [7, 11) is 0. The van der Waals surface area contributed by atoms with Gasteiger partial charge in [-0.1, -0.05) is 18.2 Å². The molecule has 0 radical (unpaired) electrons. The second kappa shape index (κ2) is 12.2. The minimum atomic E-state index is -0.600.